The molecule has 2 N–H and O–H groups in total. The summed E-state index contributed by atoms with van der Waals surface area (Å²) >= 11 is 1.73. The van der Waals surface area contributed by atoms with E-state index in [2.05, 4.69) is 13.8 Å². The van der Waals surface area contributed by atoms with E-state index in [1.54, 1.807) is 11.8 Å². The molecule has 1 rings (SSSR count). The van der Waals surface area contributed by atoms with Gasteiger partial charge in [0.05, 0.1) is 0 Å². The highest BCUT2D eigenvalue weighted by Crippen LogP contribution is 2.28. The van der Waals surface area contributed by atoms with Crippen molar-refractivity contribution in [1.29, 1.82) is 0 Å². The third kappa shape index (κ3) is 4.34. The first kappa shape index (κ1) is 17.1. The molecule has 102 valence electrons. The van der Waals surface area contributed by atoms with Crippen LogP contribution in [0.4, 0.5) is 0 Å². The molecule has 1 fully saturated rings. The number of carbonyl (C=O) groups is 1. The normalized spacial score (nSPS) is 25.0. The molecule has 5 heteroatoms. The monoisotopic (exact) mass is 280 g/mol. The van der Waals surface area contributed by atoms with E-state index in [1.165, 1.54) is 0 Å². The first-order valence-corrected chi connectivity index (χ1v) is 7.31. The fourth-order valence-corrected chi connectivity index (χ4v) is 2.84. The Morgan fingerprint density at radius 2 is 2.18 bits per heavy atom. The van der Waals surface area contributed by atoms with Gasteiger partial charge in [0.25, 0.3) is 0 Å². The van der Waals surface area contributed by atoms with Gasteiger partial charge in [0, 0.05) is 30.8 Å². The lowest BCUT2D eigenvalue weighted by molar-refractivity contribution is -0.137. The number of rotatable bonds is 3. The summed E-state index contributed by atoms with van der Waals surface area (Å²) in [4.78, 5) is 14.1. The van der Waals surface area contributed by atoms with Crippen molar-refractivity contribution in [3.05, 3.63) is 0 Å². The van der Waals surface area contributed by atoms with Crippen LogP contribution in [-0.4, -0.2) is 41.9 Å². The van der Waals surface area contributed by atoms with Gasteiger partial charge in [-0.15, -0.1) is 12.4 Å². The Morgan fingerprint density at radius 3 is 2.65 bits per heavy atom. The van der Waals surface area contributed by atoms with Crippen molar-refractivity contribution >= 4 is 30.1 Å². The Bertz CT molecular complexity index is 261. The minimum Gasteiger partial charge on any atom is -0.342 e. The summed E-state index contributed by atoms with van der Waals surface area (Å²) in [6, 6.07) is 0.215. The molecule has 0 radical (unpaired) electrons. The van der Waals surface area contributed by atoms with E-state index in [0.29, 0.717) is 0 Å². The number of piperidine rings is 1. The molecule has 1 aliphatic rings. The molecule has 2 unspecified atom stereocenters. The SMILES string of the molecule is CSCC(C)C(=O)N1CCC(N)C(C)(C)C1.Cl. The van der Waals surface area contributed by atoms with Gasteiger partial charge in [-0.1, -0.05) is 20.8 Å². The minimum atomic E-state index is 0. The topological polar surface area (TPSA) is 46.3 Å². The van der Waals surface area contributed by atoms with E-state index in [9.17, 15) is 4.79 Å². The second-order valence-corrected chi connectivity index (χ2v) is 6.41. The maximum absolute atomic E-state index is 12.2. The van der Waals surface area contributed by atoms with Crippen molar-refractivity contribution in [2.75, 3.05) is 25.1 Å². The number of nitrogens with two attached hydrogens (primary N) is 1. The van der Waals surface area contributed by atoms with Crippen LogP contribution in [0.15, 0.2) is 0 Å². The largest absolute Gasteiger partial charge is 0.342 e. The molecule has 17 heavy (non-hydrogen) atoms. The summed E-state index contributed by atoms with van der Waals surface area (Å²) < 4.78 is 0. The molecule has 0 bridgehead atoms. The Morgan fingerprint density at radius 1 is 1.59 bits per heavy atom. The lowest BCUT2D eigenvalue weighted by Crippen LogP contribution is -2.55. The first-order valence-electron chi connectivity index (χ1n) is 5.92. The van der Waals surface area contributed by atoms with Gasteiger partial charge in [0.1, 0.15) is 0 Å². The van der Waals surface area contributed by atoms with Gasteiger partial charge in [0.2, 0.25) is 5.91 Å². The van der Waals surface area contributed by atoms with E-state index in [4.69, 9.17) is 5.73 Å². The maximum atomic E-state index is 12.2. The fraction of sp³-hybridized carbons (Fsp3) is 0.917. The molecular weight excluding hydrogens is 256 g/mol. The molecule has 0 aliphatic carbocycles. The Kier molecular flexibility index (Phi) is 6.89. The van der Waals surface area contributed by atoms with Gasteiger partial charge < -0.3 is 10.6 Å². The molecule has 2 atom stereocenters. The number of hydrogen-bond acceptors (Lipinski definition) is 3. The van der Waals surface area contributed by atoms with Crippen molar-refractivity contribution in [3.8, 4) is 0 Å². The number of carbonyl (C=O) groups excluding carboxylic acids is 1. The molecule has 0 aromatic heterocycles. The van der Waals surface area contributed by atoms with Crippen LogP contribution < -0.4 is 5.73 Å². The zero-order valence-corrected chi connectivity index (χ0v) is 12.9. The van der Waals surface area contributed by atoms with Crippen molar-refractivity contribution < 1.29 is 4.79 Å². The van der Waals surface area contributed by atoms with Crippen LogP contribution in [0.5, 0.6) is 0 Å². The minimum absolute atomic E-state index is 0. The second kappa shape index (κ2) is 6.86. The molecule has 3 nitrogen and oxygen atoms in total. The lowest BCUT2D eigenvalue weighted by Gasteiger charge is -2.43. The molecule has 0 aromatic carbocycles. The summed E-state index contributed by atoms with van der Waals surface area (Å²) in [7, 11) is 0. The molecule has 1 saturated heterocycles. The predicted octanol–water partition coefficient (Wildman–Crippen LogP) is 1.99. The summed E-state index contributed by atoms with van der Waals surface area (Å²) in [6.07, 6.45) is 2.96. The van der Waals surface area contributed by atoms with E-state index in [1.807, 2.05) is 18.1 Å². The third-order valence-electron chi connectivity index (χ3n) is 3.46. The van der Waals surface area contributed by atoms with Crippen LogP contribution in [0.25, 0.3) is 0 Å². The summed E-state index contributed by atoms with van der Waals surface area (Å²) in [5, 5.41) is 0. The highest BCUT2D eigenvalue weighted by molar-refractivity contribution is 7.98. The summed E-state index contributed by atoms with van der Waals surface area (Å²) in [5.41, 5.74) is 6.12. The van der Waals surface area contributed by atoms with Crippen LogP contribution in [0.1, 0.15) is 27.2 Å². The van der Waals surface area contributed by atoms with E-state index < -0.39 is 0 Å². The molecule has 0 saturated carbocycles. The highest BCUT2D eigenvalue weighted by atomic mass is 35.5. The third-order valence-corrected chi connectivity index (χ3v) is 4.30. The van der Waals surface area contributed by atoms with Gasteiger partial charge in [-0.2, -0.15) is 11.8 Å². The number of hydrogen-bond donors (Lipinski definition) is 1. The van der Waals surface area contributed by atoms with Crippen molar-refractivity contribution in [3.63, 3.8) is 0 Å². The number of thioether (sulfide) groups is 1. The molecule has 0 aromatic rings. The summed E-state index contributed by atoms with van der Waals surface area (Å²) in [5.74, 6) is 1.32. The van der Waals surface area contributed by atoms with Gasteiger partial charge in [-0.3, -0.25) is 4.79 Å². The highest BCUT2D eigenvalue weighted by Gasteiger charge is 2.36. The maximum Gasteiger partial charge on any atom is 0.226 e. The predicted molar refractivity (Wildman–Crippen MR) is 77.7 cm³/mol. The zero-order chi connectivity index (χ0) is 12.3. The Balaban J connectivity index is 0.00000256. The first-order chi connectivity index (χ1) is 7.38. The van der Waals surface area contributed by atoms with Crippen molar-refractivity contribution in [2.24, 2.45) is 17.1 Å². The van der Waals surface area contributed by atoms with Gasteiger partial charge >= 0.3 is 0 Å². The average Bonchev–Trinajstić information content (AvgIpc) is 2.21. The van der Waals surface area contributed by atoms with Gasteiger partial charge in [-0.25, -0.2) is 0 Å². The second-order valence-electron chi connectivity index (χ2n) is 5.50. The van der Waals surface area contributed by atoms with Gasteiger partial charge in [0.15, 0.2) is 0 Å². The number of amides is 1. The van der Waals surface area contributed by atoms with Crippen LogP contribution in [0.3, 0.4) is 0 Å². The van der Waals surface area contributed by atoms with E-state index >= 15 is 0 Å². The smallest absolute Gasteiger partial charge is 0.226 e. The van der Waals surface area contributed by atoms with Crippen LogP contribution in [0.2, 0.25) is 0 Å². The average molecular weight is 281 g/mol. The number of likely N-dealkylation sites (tertiary alicyclic amines) is 1. The standard InChI is InChI=1S/C12H24N2OS.ClH/c1-9(7-16-4)11(15)14-6-5-10(13)12(2,3)8-14;/h9-10H,5-8,13H2,1-4H3;1H. The lowest BCUT2D eigenvalue weighted by atomic mass is 9.79. The fourth-order valence-electron chi connectivity index (χ4n) is 2.19. The number of halogens is 1. The Labute approximate surface area is 115 Å². The molecule has 1 amide bonds. The zero-order valence-electron chi connectivity index (χ0n) is 11.2. The molecule has 0 spiro atoms. The quantitative estimate of drug-likeness (QED) is 0.860. The van der Waals surface area contributed by atoms with Gasteiger partial charge in [-0.05, 0) is 18.1 Å². The van der Waals surface area contributed by atoms with Crippen LogP contribution in [0, 0.1) is 11.3 Å². The van der Waals surface area contributed by atoms with Crippen molar-refractivity contribution in [1.82, 2.24) is 4.90 Å². The number of nitrogens with zero attached hydrogens (tertiary/aromatic N) is 1. The molecular formula is C12H25ClN2OS. The van der Waals surface area contributed by atoms with E-state index in [0.717, 1.165) is 25.3 Å². The van der Waals surface area contributed by atoms with Crippen molar-refractivity contribution in [2.45, 2.75) is 33.2 Å². The molecule has 1 heterocycles. The summed E-state index contributed by atoms with van der Waals surface area (Å²) in [6.45, 7) is 7.93. The van der Waals surface area contributed by atoms with Crippen LogP contribution >= 0.6 is 24.2 Å². The van der Waals surface area contributed by atoms with E-state index in [-0.39, 0.29) is 35.7 Å². The Hall–Kier alpha value is 0.0700. The van der Waals surface area contributed by atoms with Crippen LogP contribution in [-0.2, 0) is 4.79 Å². The molecule has 1 aliphatic heterocycles.